The monoisotopic (exact) mass is 435 g/mol. The first kappa shape index (κ1) is 21.3. The lowest BCUT2D eigenvalue weighted by molar-refractivity contribution is -0.114. The van der Waals surface area contributed by atoms with Crippen LogP contribution < -0.4 is 10.6 Å². The molecule has 3 rings (SSSR count). The fraction of sp³-hybridized carbons (Fsp3) is 0.300. The number of aryl methyl sites for hydroxylation is 1. The Hall–Kier alpha value is -2.42. The van der Waals surface area contributed by atoms with Crippen LogP contribution in [0.25, 0.3) is 0 Å². The van der Waals surface area contributed by atoms with E-state index in [0.717, 1.165) is 12.8 Å². The second-order valence-corrected chi connectivity index (χ2v) is 9.26. The molecule has 2 amide bonds. The zero-order valence-electron chi connectivity index (χ0n) is 16.2. The summed E-state index contributed by atoms with van der Waals surface area (Å²) in [6.45, 7) is 4.11. The maximum Gasteiger partial charge on any atom is 0.255 e. The van der Waals surface area contributed by atoms with Crippen LogP contribution in [0.3, 0.4) is 0 Å². The van der Waals surface area contributed by atoms with Crippen LogP contribution in [0.15, 0.2) is 41.3 Å². The van der Waals surface area contributed by atoms with Crippen LogP contribution in [0.5, 0.6) is 0 Å². The number of amides is 2. The third-order valence-electron chi connectivity index (χ3n) is 4.69. The fourth-order valence-electron chi connectivity index (χ4n) is 3.17. The van der Waals surface area contributed by atoms with Crippen molar-refractivity contribution in [3.63, 3.8) is 0 Å². The van der Waals surface area contributed by atoms with Crippen LogP contribution in [0.4, 0.5) is 11.4 Å². The van der Waals surface area contributed by atoms with E-state index in [1.807, 2.05) is 0 Å². The number of carbonyl (C=O) groups excluding carboxylic acids is 2. The Morgan fingerprint density at radius 1 is 1.03 bits per heavy atom. The fourth-order valence-corrected chi connectivity index (χ4v) is 4.94. The predicted molar refractivity (Wildman–Crippen MR) is 113 cm³/mol. The summed E-state index contributed by atoms with van der Waals surface area (Å²) in [5, 5.41) is 5.59. The maximum atomic E-state index is 12.8. The molecular formula is C20H22ClN3O4S. The van der Waals surface area contributed by atoms with Gasteiger partial charge in [-0.1, -0.05) is 17.7 Å². The molecule has 2 aromatic rings. The molecule has 0 aliphatic carbocycles. The number of rotatable bonds is 5. The summed E-state index contributed by atoms with van der Waals surface area (Å²) in [6.07, 6.45) is 1.68. The first-order valence-electron chi connectivity index (χ1n) is 9.18. The standard InChI is InChI=1S/C20H22ClN3O4S/c1-13-5-7-16(29(27,28)24-9-3-4-10-24)12-17(13)20(26)23-15-6-8-19(18(21)11-15)22-14(2)25/h5-8,11-12H,3-4,9-10H2,1-2H3,(H,22,25)(H,23,26). The van der Waals surface area contributed by atoms with Crippen molar-refractivity contribution in [3.8, 4) is 0 Å². The summed E-state index contributed by atoms with van der Waals surface area (Å²) >= 11 is 6.14. The highest BCUT2D eigenvalue weighted by molar-refractivity contribution is 7.89. The third-order valence-corrected chi connectivity index (χ3v) is 6.90. The van der Waals surface area contributed by atoms with Gasteiger partial charge in [-0.05, 0) is 55.7 Å². The van der Waals surface area contributed by atoms with Gasteiger partial charge in [0.15, 0.2) is 0 Å². The molecule has 1 fully saturated rings. The summed E-state index contributed by atoms with van der Waals surface area (Å²) in [4.78, 5) is 24.0. The third kappa shape index (κ3) is 4.77. The van der Waals surface area contributed by atoms with Crippen LogP contribution in [0.1, 0.15) is 35.7 Å². The van der Waals surface area contributed by atoms with E-state index in [2.05, 4.69) is 10.6 Å². The van der Waals surface area contributed by atoms with Crippen molar-refractivity contribution < 1.29 is 18.0 Å². The summed E-state index contributed by atoms with van der Waals surface area (Å²) in [7, 11) is -3.62. The zero-order chi connectivity index (χ0) is 21.2. The molecule has 0 radical (unpaired) electrons. The number of hydrogen-bond donors (Lipinski definition) is 2. The molecule has 154 valence electrons. The molecule has 1 saturated heterocycles. The van der Waals surface area contributed by atoms with E-state index in [9.17, 15) is 18.0 Å². The lowest BCUT2D eigenvalue weighted by Gasteiger charge is -2.17. The Morgan fingerprint density at radius 3 is 2.34 bits per heavy atom. The number of nitrogens with one attached hydrogen (secondary N) is 2. The molecule has 0 spiro atoms. The zero-order valence-corrected chi connectivity index (χ0v) is 17.7. The van der Waals surface area contributed by atoms with E-state index in [4.69, 9.17) is 11.6 Å². The second-order valence-electron chi connectivity index (χ2n) is 6.92. The Bertz CT molecular complexity index is 1060. The van der Waals surface area contributed by atoms with Gasteiger partial charge in [0.1, 0.15) is 0 Å². The number of hydrogen-bond acceptors (Lipinski definition) is 4. The first-order chi connectivity index (χ1) is 13.7. The molecule has 0 bridgehead atoms. The van der Waals surface area contributed by atoms with E-state index in [-0.39, 0.29) is 21.4 Å². The number of halogens is 1. The van der Waals surface area contributed by atoms with Gasteiger partial charge in [0.25, 0.3) is 5.91 Å². The predicted octanol–water partition coefficient (Wildman–Crippen LogP) is 3.64. The molecule has 29 heavy (non-hydrogen) atoms. The van der Waals surface area contributed by atoms with Gasteiger partial charge in [-0.15, -0.1) is 0 Å². The van der Waals surface area contributed by atoms with Gasteiger partial charge in [-0.25, -0.2) is 8.42 Å². The average Bonchev–Trinajstić information content (AvgIpc) is 3.19. The minimum Gasteiger partial charge on any atom is -0.325 e. The molecule has 1 aliphatic rings. The average molecular weight is 436 g/mol. The topological polar surface area (TPSA) is 95.6 Å². The summed E-state index contributed by atoms with van der Waals surface area (Å²) in [5.41, 5.74) is 1.80. The minimum atomic E-state index is -3.62. The highest BCUT2D eigenvalue weighted by Gasteiger charge is 2.28. The Labute approximate surface area is 175 Å². The molecule has 0 aromatic heterocycles. The van der Waals surface area contributed by atoms with Crippen molar-refractivity contribution in [1.82, 2.24) is 4.31 Å². The van der Waals surface area contributed by atoms with Crippen molar-refractivity contribution in [1.29, 1.82) is 0 Å². The normalized spacial score (nSPS) is 14.6. The molecule has 0 saturated carbocycles. The van der Waals surface area contributed by atoms with Crippen molar-refractivity contribution in [2.75, 3.05) is 23.7 Å². The smallest absolute Gasteiger partial charge is 0.255 e. The lowest BCUT2D eigenvalue weighted by Crippen LogP contribution is -2.28. The van der Waals surface area contributed by atoms with Crippen molar-refractivity contribution >= 4 is 44.8 Å². The van der Waals surface area contributed by atoms with Gasteiger partial charge in [-0.2, -0.15) is 4.31 Å². The molecule has 1 aliphatic heterocycles. The van der Waals surface area contributed by atoms with Crippen LogP contribution in [-0.4, -0.2) is 37.6 Å². The molecule has 7 nitrogen and oxygen atoms in total. The van der Waals surface area contributed by atoms with Crippen LogP contribution in [0.2, 0.25) is 5.02 Å². The van der Waals surface area contributed by atoms with Crippen LogP contribution in [0, 0.1) is 6.92 Å². The van der Waals surface area contributed by atoms with Crippen LogP contribution >= 0.6 is 11.6 Å². The number of benzene rings is 2. The van der Waals surface area contributed by atoms with E-state index in [0.29, 0.717) is 30.0 Å². The van der Waals surface area contributed by atoms with E-state index in [1.54, 1.807) is 25.1 Å². The number of nitrogens with zero attached hydrogens (tertiary/aromatic N) is 1. The second kappa shape index (κ2) is 8.52. The summed E-state index contributed by atoms with van der Waals surface area (Å²) < 4.78 is 27.0. The Balaban J connectivity index is 1.84. The Morgan fingerprint density at radius 2 is 1.72 bits per heavy atom. The van der Waals surface area contributed by atoms with Crippen molar-refractivity contribution in [2.45, 2.75) is 31.6 Å². The molecule has 0 unspecified atom stereocenters. The molecule has 0 atom stereocenters. The highest BCUT2D eigenvalue weighted by atomic mass is 35.5. The number of sulfonamides is 1. The summed E-state index contributed by atoms with van der Waals surface area (Å²) in [5.74, 6) is -0.695. The number of anilines is 2. The number of carbonyl (C=O) groups is 2. The largest absolute Gasteiger partial charge is 0.325 e. The molecule has 2 N–H and O–H groups in total. The van der Waals surface area contributed by atoms with E-state index >= 15 is 0 Å². The van der Waals surface area contributed by atoms with E-state index < -0.39 is 15.9 Å². The lowest BCUT2D eigenvalue weighted by atomic mass is 10.1. The Kier molecular flexibility index (Phi) is 6.26. The van der Waals surface area contributed by atoms with Gasteiger partial charge < -0.3 is 10.6 Å². The van der Waals surface area contributed by atoms with E-state index in [1.165, 1.54) is 29.4 Å². The maximum absolute atomic E-state index is 12.8. The molecule has 1 heterocycles. The SMILES string of the molecule is CC(=O)Nc1ccc(NC(=O)c2cc(S(=O)(=O)N3CCCC3)ccc2C)cc1Cl. The van der Waals surface area contributed by atoms with Gasteiger partial charge in [0.05, 0.1) is 15.6 Å². The van der Waals surface area contributed by atoms with Gasteiger partial charge in [0, 0.05) is 31.3 Å². The van der Waals surface area contributed by atoms with Crippen molar-refractivity contribution in [2.24, 2.45) is 0 Å². The minimum absolute atomic E-state index is 0.106. The molecule has 9 heteroatoms. The molecular weight excluding hydrogens is 414 g/mol. The van der Waals surface area contributed by atoms with Crippen molar-refractivity contribution in [3.05, 3.63) is 52.5 Å². The van der Waals surface area contributed by atoms with Crippen LogP contribution in [-0.2, 0) is 14.8 Å². The summed E-state index contributed by atoms with van der Waals surface area (Å²) in [6, 6.07) is 9.27. The quantitative estimate of drug-likeness (QED) is 0.749. The first-order valence-corrected chi connectivity index (χ1v) is 11.0. The van der Waals surface area contributed by atoms with Gasteiger partial charge >= 0.3 is 0 Å². The van der Waals surface area contributed by atoms with Gasteiger partial charge in [0.2, 0.25) is 15.9 Å². The van der Waals surface area contributed by atoms with Gasteiger partial charge in [-0.3, -0.25) is 9.59 Å². The highest BCUT2D eigenvalue weighted by Crippen LogP contribution is 2.27. The molecule has 2 aromatic carbocycles.